The van der Waals surface area contributed by atoms with E-state index in [0.29, 0.717) is 17.0 Å². The Morgan fingerprint density at radius 1 is 1.19 bits per heavy atom. The molecule has 0 bridgehead atoms. The summed E-state index contributed by atoms with van der Waals surface area (Å²) in [5, 5.41) is 0.992. The van der Waals surface area contributed by atoms with Crippen molar-refractivity contribution in [3.8, 4) is 0 Å². The minimum Gasteiger partial charge on any atom is -0.356 e. The van der Waals surface area contributed by atoms with Crippen molar-refractivity contribution in [3.05, 3.63) is 70.7 Å². The van der Waals surface area contributed by atoms with E-state index in [9.17, 15) is 9.18 Å². The number of rotatable bonds is 3. The molecule has 0 fully saturated rings. The molecule has 5 heteroatoms. The summed E-state index contributed by atoms with van der Waals surface area (Å²) < 4.78 is 13.1. The lowest BCUT2D eigenvalue weighted by atomic mass is 9.79. The number of halogens is 1. The van der Waals surface area contributed by atoms with Crippen molar-refractivity contribution in [2.75, 3.05) is 0 Å². The van der Waals surface area contributed by atoms with Crippen LogP contribution < -0.4 is 11.5 Å². The van der Waals surface area contributed by atoms with Gasteiger partial charge in [-0.05, 0) is 66.8 Å². The summed E-state index contributed by atoms with van der Waals surface area (Å²) in [5.74, 6) is -0.0611. The number of fused-ring (bicyclic) bond motifs is 3. The van der Waals surface area contributed by atoms with Crippen molar-refractivity contribution in [3.63, 3.8) is 0 Å². The second-order valence-corrected chi connectivity index (χ2v) is 7.30. The van der Waals surface area contributed by atoms with E-state index >= 15 is 0 Å². The number of aromatic amines is 1. The van der Waals surface area contributed by atoms with Crippen molar-refractivity contribution < 1.29 is 9.18 Å². The number of hydrogen-bond acceptors (Lipinski definition) is 3. The highest BCUT2D eigenvalue weighted by molar-refractivity contribution is 6.10. The number of benzene rings is 2. The Labute approximate surface area is 151 Å². The van der Waals surface area contributed by atoms with Gasteiger partial charge in [0.25, 0.3) is 0 Å². The Morgan fingerprint density at radius 2 is 1.88 bits per heavy atom. The zero-order valence-electron chi connectivity index (χ0n) is 14.7. The predicted octanol–water partition coefficient (Wildman–Crippen LogP) is 3.58. The number of carbonyl (C=O) groups excluding carboxylic acids is 1. The van der Waals surface area contributed by atoms with Crippen molar-refractivity contribution in [2.24, 2.45) is 17.4 Å². The molecule has 0 saturated carbocycles. The third kappa shape index (κ3) is 2.73. The molecule has 1 aromatic heterocycles. The molecule has 0 aliphatic heterocycles. The number of nitrogens with two attached hydrogens (primary N) is 2. The molecule has 1 aliphatic carbocycles. The smallest absolute Gasteiger partial charge is 0.193 e. The molecule has 4 rings (SSSR count). The highest BCUT2D eigenvalue weighted by Gasteiger charge is 2.36. The van der Waals surface area contributed by atoms with E-state index < -0.39 is 5.66 Å². The van der Waals surface area contributed by atoms with Crippen LogP contribution in [0.3, 0.4) is 0 Å². The Hall–Kier alpha value is -2.50. The molecule has 1 atom stereocenters. The van der Waals surface area contributed by atoms with Gasteiger partial charge >= 0.3 is 0 Å². The summed E-state index contributed by atoms with van der Waals surface area (Å²) >= 11 is 0. The molecular weight excluding hydrogens is 329 g/mol. The van der Waals surface area contributed by atoms with E-state index in [0.717, 1.165) is 41.4 Å². The molecule has 2 aromatic carbocycles. The normalized spacial score (nSPS) is 18.7. The molecule has 134 valence electrons. The number of nitrogens with one attached hydrogen (secondary N) is 1. The lowest BCUT2D eigenvalue weighted by Crippen LogP contribution is -2.50. The Bertz CT molecular complexity index is 988. The maximum atomic E-state index is 13.1. The summed E-state index contributed by atoms with van der Waals surface area (Å²) in [5.41, 5.74) is 15.8. The topological polar surface area (TPSA) is 84.9 Å². The van der Waals surface area contributed by atoms with Gasteiger partial charge in [0.1, 0.15) is 11.5 Å². The zero-order chi connectivity index (χ0) is 18.5. The van der Waals surface area contributed by atoms with Crippen LogP contribution in [0.4, 0.5) is 4.39 Å². The molecule has 0 amide bonds. The first-order valence-electron chi connectivity index (χ1n) is 8.92. The quantitative estimate of drug-likeness (QED) is 0.498. The van der Waals surface area contributed by atoms with Crippen LogP contribution in [0.25, 0.3) is 10.9 Å². The minimum absolute atomic E-state index is 0.128. The largest absolute Gasteiger partial charge is 0.356 e. The summed E-state index contributed by atoms with van der Waals surface area (Å²) in [4.78, 5) is 16.1. The molecule has 1 aliphatic rings. The van der Waals surface area contributed by atoms with E-state index in [1.807, 2.05) is 12.1 Å². The lowest BCUT2D eigenvalue weighted by molar-refractivity contribution is 0.103. The van der Waals surface area contributed by atoms with Crippen LogP contribution in [0.1, 0.15) is 46.9 Å². The van der Waals surface area contributed by atoms with Gasteiger partial charge in [0.15, 0.2) is 5.78 Å². The number of ketones is 1. The molecule has 0 radical (unpaired) electrons. The van der Waals surface area contributed by atoms with Crippen LogP contribution in [-0.4, -0.2) is 10.8 Å². The standard InChI is InChI=1S/C21H22FN3O/c1-2-12-9-17-16-10-14(19(26)13-3-6-15(22)7-4-13)5-8-18(16)25-20(17)21(23,24)11-12/h3-8,10,12,25H,2,9,11,23-24H2,1H3. The van der Waals surface area contributed by atoms with Gasteiger partial charge in [0, 0.05) is 22.0 Å². The number of H-pyrrole nitrogens is 1. The van der Waals surface area contributed by atoms with Crippen LogP contribution in [0.15, 0.2) is 42.5 Å². The summed E-state index contributed by atoms with van der Waals surface area (Å²) in [7, 11) is 0. The van der Waals surface area contributed by atoms with Gasteiger partial charge < -0.3 is 16.5 Å². The van der Waals surface area contributed by atoms with Crippen LogP contribution in [-0.2, 0) is 12.1 Å². The van der Waals surface area contributed by atoms with Gasteiger partial charge in [-0.25, -0.2) is 4.39 Å². The summed E-state index contributed by atoms with van der Waals surface area (Å²) in [6.07, 6.45) is 2.65. The van der Waals surface area contributed by atoms with Crippen LogP contribution >= 0.6 is 0 Å². The van der Waals surface area contributed by atoms with Crippen LogP contribution in [0, 0.1) is 11.7 Å². The summed E-state index contributed by atoms with van der Waals surface area (Å²) in [6, 6.07) is 11.2. The average molecular weight is 351 g/mol. The fourth-order valence-corrected chi connectivity index (χ4v) is 4.00. The number of aromatic nitrogens is 1. The highest BCUT2D eigenvalue weighted by Crippen LogP contribution is 2.38. The second kappa shape index (κ2) is 6.04. The monoisotopic (exact) mass is 351 g/mol. The van der Waals surface area contributed by atoms with E-state index in [1.54, 1.807) is 6.07 Å². The zero-order valence-corrected chi connectivity index (χ0v) is 14.7. The third-order valence-electron chi connectivity index (χ3n) is 5.44. The molecule has 26 heavy (non-hydrogen) atoms. The van der Waals surface area contributed by atoms with Gasteiger partial charge in [-0.1, -0.05) is 13.3 Å². The minimum atomic E-state index is -0.881. The molecule has 4 nitrogen and oxygen atoms in total. The van der Waals surface area contributed by atoms with Gasteiger partial charge in [-0.15, -0.1) is 0 Å². The molecular formula is C21H22FN3O. The highest BCUT2D eigenvalue weighted by atomic mass is 19.1. The van der Waals surface area contributed by atoms with Gasteiger partial charge in [0.2, 0.25) is 0 Å². The maximum absolute atomic E-state index is 13.1. The van der Waals surface area contributed by atoms with Crippen molar-refractivity contribution in [1.82, 2.24) is 4.98 Å². The fourth-order valence-electron chi connectivity index (χ4n) is 4.00. The third-order valence-corrected chi connectivity index (χ3v) is 5.44. The van der Waals surface area contributed by atoms with Crippen molar-refractivity contribution in [1.29, 1.82) is 0 Å². The average Bonchev–Trinajstić information content (AvgIpc) is 3.00. The first kappa shape index (κ1) is 16.9. The van der Waals surface area contributed by atoms with Gasteiger partial charge in [0.05, 0.1) is 5.69 Å². The SMILES string of the molecule is CCC1Cc2c([nH]c3ccc(C(=O)c4ccc(F)cc4)cc23)C(N)(N)C1. The Kier molecular flexibility index (Phi) is 3.93. The second-order valence-electron chi connectivity index (χ2n) is 7.30. The first-order chi connectivity index (χ1) is 12.4. The lowest BCUT2D eigenvalue weighted by Gasteiger charge is -2.34. The predicted molar refractivity (Wildman–Crippen MR) is 100 cm³/mol. The molecule has 1 unspecified atom stereocenters. The molecule has 0 saturated heterocycles. The van der Waals surface area contributed by atoms with E-state index in [1.165, 1.54) is 24.3 Å². The molecule has 0 spiro atoms. The fraction of sp³-hybridized carbons (Fsp3) is 0.286. The van der Waals surface area contributed by atoms with E-state index in [-0.39, 0.29) is 11.6 Å². The van der Waals surface area contributed by atoms with Gasteiger partial charge in [-0.2, -0.15) is 0 Å². The van der Waals surface area contributed by atoms with Crippen LogP contribution in [0.2, 0.25) is 0 Å². The van der Waals surface area contributed by atoms with Crippen molar-refractivity contribution >= 4 is 16.7 Å². The molecule has 1 heterocycles. The number of hydrogen-bond donors (Lipinski definition) is 3. The number of carbonyl (C=O) groups is 1. The summed E-state index contributed by atoms with van der Waals surface area (Å²) in [6.45, 7) is 2.14. The van der Waals surface area contributed by atoms with Gasteiger partial charge in [-0.3, -0.25) is 4.79 Å². The molecule has 5 N–H and O–H groups in total. The Morgan fingerprint density at radius 3 is 2.58 bits per heavy atom. The maximum Gasteiger partial charge on any atom is 0.193 e. The Balaban J connectivity index is 1.80. The van der Waals surface area contributed by atoms with Crippen LogP contribution in [0.5, 0.6) is 0 Å². The molecule has 3 aromatic rings. The van der Waals surface area contributed by atoms with E-state index in [2.05, 4.69) is 11.9 Å². The van der Waals surface area contributed by atoms with E-state index in [4.69, 9.17) is 11.5 Å². The van der Waals surface area contributed by atoms with Crippen molar-refractivity contribution in [2.45, 2.75) is 31.8 Å². The first-order valence-corrected chi connectivity index (χ1v) is 8.92.